The lowest BCUT2D eigenvalue weighted by Gasteiger charge is -2.21. The van der Waals surface area contributed by atoms with Crippen LogP contribution in [-0.2, 0) is 6.42 Å². The van der Waals surface area contributed by atoms with Crippen molar-refractivity contribution in [3.63, 3.8) is 0 Å². The van der Waals surface area contributed by atoms with Crippen molar-refractivity contribution in [1.82, 2.24) is 0 Å². The summed E-state index contributed by atoms with van der Waals surface area (Å²) in [5, 5.41) is 6.33. The Bertz CT molecular complexity index is 844. The van der Waals surface area contributed by atoms with Crippen LogP contribution in [0.25, 0.3) is 5.69 Å². The summed E-state index contributed by atoms with van der Waals surface area (Å²) >= 11 is 1.72. The molecule has 0 bridgehead atoms. The maximum absolute atomic E-state index is 12.8. The van der Waals surface area contributed by atoms with E-state index in [1.54, 1.807) is 11.3 Å². The van der Waals surface area contributed by atoms with E-state index in [4.69, 9.17) is 0 Å². The van der Waals surface area contributed by atoms with Crippen molar-refractivity contribution in [1.29, 1.82) is 0 Å². The zero-order chi connectivity index (χ0) is 15.6. The summed E-state index contributed by atoms with van der Waals surface area (Å²) < 4.78 is 2.18. The first-order chi connectivity index (χ1) is 11.3. The van der Waals surface area contributed by atoms with Crippen LogP contribution in [0.3, 0.4) is 0 Å². The number of urea groups is 1. The van der Waals surface area contributed by atoms with Gasteiger partial charge in [-0.2, -0.15) is 4.57 Å². The van der Waals surface area contributed by atoms with E-state index < -0.39 is 0 Å². The molecule has 4 rings (SSSR count). The Kier molecular flexibility index (Phi) is 3.55. The van der Waals surface area contributed by atoms with E-state index in [2.05, 4.69) is 27.5 Å². The van der Waals surface area contributed by atoms with Crippen molar-refractivity contribution in [3.05, 3.63) is 71.2 Å². The van der Waals surface area contributed by atoms with E-state index in [-0.39, 0.29) is 6.03 Å². The van der Waals surface area contributed by atoms with Crippen molar-refractivity contribution in [2.75, 3.05) is 16.8 Å². The zero-order valence-corrected chi connectivity index (χ0v) is 13.3. The average Bonchev–Trinajstić information content (AvgIpc) is 2.99. The summed E-state index contributed by atoms with van der Waals surface area (Å²) in [4.78, 5) is 14.6. The maximum Gasteiger partial charge on any atom is 0.326 e. The number of hydrogen-bond acceptors (Lipinski definition) is 2. The first kappa shape index (κ1) is 14.0. The van der Waals surface area contributed by atoms with E-state index in [1.165, 1.54) is 5.01 Å². The molecule has 5 heteroatoms. The minimum absolute atomic E-state index is 0.0978. The molecule has 0 spiro atoms. The Balaban J connectivity index is 1.70. The fourth-order valence-corrected chi connectivity index (χ4v) is 3.67. The second kappa shape index (κ2) is 5.85. The highest BCUT2D eigenvalue weighted by Crippen LogP contribution is 2.26. The number of carbonyl (C=O) groups is 1. The number of aromatic nitrogens is 1. The van der Waals surface area contributed by atoms with Crippen LogP contribution in [0.2, 0.25) is 0 Å². The van der Waals surface area contributed by atoms with Gasteiger partial charge in [-0.3, -0.25) is 4.90 Å². The van der Waals surface area contributed by atoms with Gasteiger partial charge in [-0.25, -0.2) is 4.79 Å². The summed E-state index contributed by atoms with van der Waals surface area (Å²) in [5.74, 6) is 0. The fraction of sp³-hybridized carbons (Fsp3) is 0.111. The third-order valence-corrected chi connectivity index (χ3v) is 4.86. The van der Waals surface area contributed by atoms with Gasteiger partial charge in [-0.15, -0.1) is 0 Å². The second-order valence-corrected chi connectivity index (χ2v) is 6.33. The van der Waals surface area contributed by atoms with Gasteiger partial charge < -0.3 is 5.32 Å². The molecule has 2 amide bonds. The second-order valence-electron chi connectivity index (χ2n) is 5.35. The predicted molar refractivity (Wildman–Crippen MR) is 92.4 cm³/mol. The highest BCUT2D eigenvalue weighted by molar-refractivity contribution is 7.09. The smallest absolute Gasteiger partial charge is 0.308 e. The van der Waals surface area contributed by atoms with Crippen LogP contribution < -0.4 is 14.8 Å². The van der Waals surface area contributed by atoms with Gasteiger partial charge in [0.1, 0.15) is 5.69 Å². The molecule has 1 N–H and O–H groups in total. The van der Waals surface area contributed by atoms with Gasteiger partial charge in [-0.05, 0) is 18.2 Å². The minimum atomic E-state index is -0.0978. The molecule has 1 aromatic heterocycles. The van der Waals surface area contributed by atoms with Gasteiger partial charge >= 0.3 is 6.03 Å². The van der Waals surface area contributed by atoms with Gasteiger partial charge in [0.05, 0.1) is 11.8 Å². The molecule has 0 atom stereocenters. The number of anilines is 2. The lowest BCUT2D eigenvalue weighted by Crippen LogP contribution is -2.36. The molecule has 0 aliphatic carbocycles. The molecule has 0 saturated carbocycles. The van der Waals surface area contributed by atoms with Crippen LogP contribution in [0.1, 0.15) is 5.01 Å². The molecular weight excluding hydrogens is 306 g/mol. The third kappa shape index (κ3) is 2.59. The molecule has 23 heavy (non-hydrogen) atoms. The Morgan fingerprint density at radius 1 is 1.09 bits per heavy atom. The van der Waals surface area contributed by atoms with E-state index in [0.29, 0.717) is 6.54 Å². The molecular formula is C18H16N3OS+. The highest BCUT2D eigenvalue weighted by Gasteiger charge is 2.30. The van der Waals surface area contributed by atoms with Gasteiger partial charge in [0.2, 0.25) is 10.7 Å². The van der Waals surface area contributed by atoms with Gasteiger partial charge in [0, 0.05) is 18.3 Å². The molecule has 0 fully saturated rings. The van der Waals surface area contributed by atoms with Crippen molar-refractivity contribution in [3.8, 4) is 5.69 Å². The highest BCUT2D eigenvalue weighted by atomic mass is 32.1. The number of carbonyl (C=O) groups excluding carboxylic acids is 1. The fourth-order valence-electron chi connectivity index (χ4n) is 2.85. The Morgan fingerprint density at radius 3 is 2.74 bits per heavy atom. The van der Waals surface area contributed by atoms with Crippen LogP contribution in [0.4, 0.5) is 16.2 Å². The SMILES string of the molecule is O=C(Nc1ccccc1)N1CCc2scc[n+]2-c2ccccc21. The van der Waals surface area contributed by atoms with Crippen molar-refractivity contribution < 1.29 is 9.36 Å². The summed E-state index contributed by atoms with van der Waals surface area (Å²) in [5.41, 5.74) is 2.79. The molecule has 2 heterocycles. The van der Waals surface area contributed by atoms with Crippen LogP contribution >= 0.6 is 11.3 Å². The minimum Gasteiger partial charge on any atom is -0.308 e. The molecule has 3 aromatic rings. The van der Waals surface area contributed by atoms with Gasteiger partial charge in [0.15, 0.2) is 6.20 Å². The quantitative estimate of drug-likeness (QED) is 0.683. The molecule has 114 valence electrons. The molecule has 0 unspecified atom stereocenters. The normalized spacial score (nSPS) is 13.0. The standard InChI is InChI=1S/C18H15N3OS/c22-18(19-14-6-2-1-3-7-14)21-11-10-17-20(12-13-23-17)15-8-4-5-9-16(15)21/h1-9,12-13H,10-11H2/p+1. The molecule has 1 aliphatic heterocycles. The lowest BCUT2D eigenvalue weighted by atomic mass is 10.2. The van der Waals surface area contributed by atoms with Crippen molar-refractivity contribution >= 4 is 28.7 Å². The number of benzene rings is 2. The Morgan fingerprint density at radius 2 is 1.87 bits per heavy atom. The average molecular weight is 322 g/mol. The third-order valence-electron chi connectivity index (χ3n) is 3.93. The Labute approximate surface area is 138 Å². The number of amides is 2. The number of nitrogens with one attached hydrogen (secondary N) is 1. The van der Waals surface area contributed by atoms with E-state index in [9.17, 15) is 4.79 Å². The summed E-state index contributed by atoms with van der Waals surface area (Å²) in [6.45, 7) is 0.663. The Hall–Kier alpha value is -2.66. The largest absolute Gasteiger partial charge is 0.326 e. The zero-order valence-electron chi connectivity index (χ0n) is 12.5. The lowest BCUT2D eigenvalue weighted by molar-refractivity contribution is -0.596. The number of nitrogens with zero attached hydrogens (tertiary/aromatic N) is 2. The number of fused-ring (bicyclic) bond motifs is 3. The van der Waals surface area contributed by atoms with Crippen molar-refractivity contribution in [2.24, 2.45) is 0 Å². The summed E-state index contributed by atoms with van der Waals surface area (Å²) in [6.07, 6.45) is 2.91. The number of hydrogen-bond donors (Lipinski definition) is 1. The molecule has 0 saturated heterocycles. The molecule has 4 nitrogen and oxygen atoms in total. The van der Waals surface area contributed by atoms with E-state index in [1.807, 2.05) is 53.4 Å². The molecule has 2 aromatic carbocycles. The van der Waals surface area contributed by atoms with Crippen molar-refractivity contribution in [2.45, 2.75) is 6.42 Å². The van der Waals surface area contributed by atoms with Gasteiger partial charge in [0.25, 0.3) is 0 Å². The number of rotatable bonds is 1. The first-order valence-electron chi connectivity index (χ1n) is 7.54. The van der Waals surface area contributed by atoms with Crippen LogP contribution in [0.15, 0.2) is 66.2 Å². The monoisotopic (exact) mass is 322 g/mol. The number of para-hydroxylation sites is 3. The van der Waals surface area contributed by atoms with Crippen LogP contribution in [0.5, 0.6) is 0 Å². The van der Waals surface area contributed by atoms with Crippen LogP contribution in [0, 0.1) is 0 Å². The predicted octanol–water partition coefficient (Wildman–Crippen LogP) is 3.62. The number of thiazole rings is 1. The van der Waals surface area contributed by atoms with Gasteiger partial charge in [-0.1, -0.05) is 41.7 Å². The van der Waals surface area contributed by atoms with Crippen LogP contribution in [-0.4, -0.2) is 12.6 Å². The maximum atomic E-state index is 12.8. The van der Waals surface area contributed by atoms with E-state index in [0.717, 1.165) is 23.5 Å². The first-order valence-corrected chi connectivity index (χ1v) is 8.42. The summed E-state index contributed by atoms with van der Waals surface area (Å²) in [7, 11) is 0. The van der Waals surface area contributed by atoms with E-state index >= 15 is 0 Å². The summed E-state index contributed by atoms with van der Waals surface area (Å²) in [6, 6.07) is 17.5. The topological polar surface area (TPSA) is 36.2 Å². The molecule has 0 radical (unpaired) electrons. The molecule has 1 aliphatic rings.